The Hall–Kier alpha value is -1.23. The molecule has 0 aliphatic heterocycles. The number of carbonyl (C=O) groups is 1. The number of nitrogens with zero attached hydrogens (tertiary/aromatic N) is 2. The predicted molar refractivity (Wildman–Crippen MR) is 58.3 cm³/mol. The Morgan fingerprint density at radius 1 is 1.24 bits per heavy atom. The van der Waals surface area contributed by atoms with Gasteiger partial charge in [-0.15, -0.1) is 0 Å². The molecule has 0 aromatic carbocycles. The van der Waals surface area contributed by atoms with Crippen molar-refractivity contribution in [1.29, 1.82) is 0 Å². The van der Waals surface area contributed by atoms with E-state index in [2.05, 4.69) is 10.1 Å². The van der Waals surface area contributed by atoms with E-state index in [-0.39, 0.29) is 6.10 Å². The lowest BCUT2D eigenvalue weighted by Gasteiger charge is -2.20. The zero-order chi connectivity index (χ0) is 11.7. The van der Waals surface area contributed by atoms with Gasteiger partial charge in [0.1, 0.15) is 12.4 Å². The largest absolute Gasteiger partial charge is 0.370 e. The number of ether oxygens (including phenoxy) is 1. The highest BCUT2D eigenvalue weighted by Crippen LogP contribution is 2.38. The number of rotatable bonds is 4. The second-order valence-corrected chi connectivity index (χ2v) is 4.87. The van der Waals surface area contributed by atoms with Gasteiger partial charge in [0, 0.05) is 18.8 Å². The minimum atomic E-state index is 0.176. The summed E-state index contributed by atoms with van der Waals surface area (Å²) < 4.78 is 10.8. The molecule has 92 valence electrons. The van der Waals surface area contributed by atoms with Crippen LogP contribution >= 0.6 is 0 Å². The zero-order valence-corrected chi connectivity index (χ0v) is 9.72. The molecule has 5 nitrogen and oxygen atoms in total. The highest BCUT2D eigenvalue weighted by Gasteiger charge is 2.29. The number of Topliss-reactive ketones (excluding diaryl/α,β-unsaturated/α-hetero) is 1. The van der Waals surface area contributed by atoms with E-state index in [1.165, 1.54) is 0 Å². The Bertz CT molecular complexity index is 402. The maximum Gasteiger partial charge on any atom is 0.229 e. The third-order valence-electron chi connectivity index (χ3n) is 3.35. The summed E-state index contributed by atoms with van der Waals surface area (Å²) in [5.74, 6) is 2.22. The fraction of sp³-hybridized carbons (Fsp3) is 0.750. The second-order valence-electron chi connectivity index (χ2n) is 4.87. The molecule has 3 rings (SSSR count). The lowest BCUT2D eigenvalue weighted by atomic mass is 9.96. The van der Waals surface area contributed by atoms with E-state index in [4.69, 9.17) is 9.26 Å². The zero-order valence-electron chi connectivity index (χ0n) is 9.72. The third kappa shape index (κ3) is 2.72. The van der Waals surface area contributed by atoms with E-state index in [0.29, 0.717) is 37.0 Å². The Labute approximate surface area is 99.5 Å². The van der Waals surface area contributed by atoms with Gasteiger partial charge in [-0.25, -0.2) is 0 Å². The van der Waals surface area contributed by atoms with E-state index in [1.54, 1.807) is 0 Å². The van der Waals surface area contributed by atoms with E-state index >= 15 is 0 Å². The topological polar surface area (TPSA) is 65.2 Å². The van der Waals surface area contributed by atoms with Crippen LogP contribution in [0.5, 0.6) is 0 Å². The van der Waals surface area contributed by atoms with Crippen LogP contribution in [0.4, 0.5) is 0 Å². The molecule has 0 spiro atoms. The molecule has 1 heterocycles. The van der Waals surface area contributed by atoms with Gasteiger partial charge in [0.15, 0.2) is 5.82 Å². The smallest absolute Gasteiger partial charge is 0.229 e. The molecule has 17 heavy (non-hydrogen) atoms. The minimum Gasteiger partial charge on any atom is -0.370 e. The van der Waals surface area contributed by atoms with Crippen LogP contribution in [-0.2, 0) is 16.1 Å². The van der Waals surface area contributed by atoms with Crippen molar-refractivity contribution in [2.75, 3.05) is 0 Å². The third-order valence-corrected chi connectivity index (χ3v) is 3.35. The first kappa shape index (κ1) is 10.9. The summed E-state index contributed by atoms with van der Waals surface area (Å²) in [5, 5.41) is 3.90. The normalized spacial score (nSPS) is 22.0. The van der Waals surface area contributed by atoms with Gasteiger partial charge in [0.05, 0.1) is 6.10 Å². The first-order valence-electron chi connectivity index (χ1n) is 6.27. The number of ketones is 1. The van der Waals surface area contributed by atoms with Crippen LogP contribution in [0.2, 0.25) is 0 Å². The lowest BCUT2D eigenvalue weighted by Crippen LogP contribution is -2.21. The fourth-order valence-electron chi connectivity index (χ4n) is 2.09. The molecule has 0 radical (unpaired) electrons. The summed E-state index contributed by atoms with van der Waals surface area (Å²) in [5.41, 5.74) is 0. The number of aromatic nitrogens is 2. The maximum atomic E-state index is 11.1. The van der Waals surface area contributed by atoms with Crippen molar-refractivity contribution < 1.29 is 14.1 Å². The fourth-order valence-corrected chi connectivity index (χ4v) is 2.09. The van der Waals surface area contributed by atoms with E-state index in [1.807, 2.05) is 0 Å². The van der Waals surface area contributed by atoms with Crippen LogP contribution in [0, 0.1) is 0 Å². The predicted octanol–water partition coefficient (Wildman–Crippen LogP) is 1.98. The molecule has 0 N–H and O–H groups in total. The van der Waals surface area contributed by atoms with Gasteiger partial charge >= 0.3 is 0 Å². The molecule has 0 atom stereocenters. The monoisotopic (exact) mass is 236 g/mol. The molecule has 0 bridgehead atoms. The molecule has 2 aliphatic rings. The van der Waals surface area contributed by atoms with Crippen LogP contribution in [0.3, 0.4) is 0 Å². The Morgan fingerprint density at radius 3 is 2.71 bits per heavy atom. The van der Waals surface area contributed by atoms with E-state index in [9.17, 15) is 4.79 Å². The quantitative estimate of drug-likeness (QED) is 0.799. The lowest BCUT2D eigenvalue weighted by molar-refractivity contribution is -0.123. The summed E-state index contributed by atoms with van der Waals surface area (Å²) >= 11 is 0. The summed E-state index contributed by atoms with van der Waals surface area (Å²) in [6.07, 6.45) is 5.43. The van der Waals surface area contributed by atoms with Crippen molar-refractivity contribution >= 4 is 5.78 Å². The average Bonchev–Trinajstić information content (AvgIpc) is 3.09. The first-order chi connectivity index (χ1) is 8.31. The van der Waals surface area contributed by atoms with Crippen LogP contribution in [0.1, 0.15) is 56.2 Å². The van der Waals surface area contributed by atoms with Crippen LogP contribution in [-0.4, -0.2) is 22.0 Å². The Kier molecular flexibility index (Phi) is 2.93. The van der Waals surface area contributed by atoms with Gasteiger partial charge < -0.3 is 9.26 Å². The van der Waals surface area contributed by atoms with Crippen molar-refractivity contribution in [3.8, 4) is 0 Å². The summed E-state index contributed by atoms with van der Waals surface area (Å²) in [6, 6.07) is 0. The van der Waals surface area contributed by atoms with Gasteiger partial charge in [-0.1, -0.05) is 5.16 Å². The number of hydrogen-bond acceptors (Lipinski definition) is 5. The molecule has 5 heteroatoms. The second kappa shape index (κ2) is 4.56. The minimum absolute atomic E-state index is 0.176. The van der Waals surface area contributed by atoms with Gasteiger partial charge in [-0.2, -0.15) is 4.98 Å². The van der Waals surface area contributed by atoms with Gasteiger partial charge in [-0.3, -0.25) is 4.79 Å². The van der Waals surface area contributed by atoms with Gasteiger partial charge in [0.25, 0.3) is 0 Å². The van der Waals surface area contributed by atoms with Crippen molar-refractivity contribution in [3.05, 3.63) is 11.7 Å². The highest BCUT2D eigenvalue weighted by atomic mass is 16.5. The van der Waals surface area contributed by atoms with Crippen molar-refractivity contribution in [2.24, 2.45) is 0 Å². The molecule has 0 unspecified atom stereocenters. The Morgan fingerprint density at radius 2 is 2.00 bits per heavy atom. The van der Waals surface area contributed by atoms with Crippen LogP contribution in [0.15, 0.2) is 4.52 Å². The molecule has 2 fully saturated rings. The molecular formula is C12H16N2O3. The van der Waals surface area contributed by atoms with Crippen molar-refractivity contribution in [2.45, 2.75) is 57.2 Å². The molecule has 1 aromatic heterocycles. The maximum absolute atomic E-state index is 11.1. The molecule has 2 saturated carbocycles. The summed E-state index contributed by atoms with van der Waals surface area (Å²) in [7, 11) is 0. The average molecular weight is 236 g/mol. The highest BCUT2D eigenvalue weighted by molar-refractivity contribution is 5.79. The van der Waals surface area contributed by atoms with Crippen molar-refractivity contribution in [1.82, 2.24) is 10.1 Å². The first-order valence-corrected chi connectivity index (χ1v) is 6.27. The molecule has 2 aliphatic carbocycles. The van der Waals surface area contributed by atoms with Crippen LogP contribution < -0.4 is 0 Å². The number of hydrogen-bond donors (Lipinski definition) is 0. The molecule has 0 amide bonds. The van der Waals surface area contributed by atoms with Gasteiger partial charge in [0.2, 0.25) is 5.89 Å². The standard InChI is InChI=1S/C12H16N2O3/c15-9-3-5-10(6-4-9)16-7-11-13-12(17-14-11)8-1-2-8/h8,10H,1-7H2. The van der Waals surface area contributed by atoms with E-state index < -0.39 is 0 Å². The van der Waals surface area contributed by atoms with Gasteiger partial charge in [-0.05, 0) is 25.7 Å². The summed E-state index contributed by atoms with van der Waals surface area (Å²) in [6.45, 7) is 0.398. The molecular weight excluding hydrogens is 220 g/mol. The summed E-state index contributed by atoms with van der Waals surface area (Å²) in [4.78, 5) is 15.4. The SMILES string of the molecule is O=C1CCC(OCc2noc(C3CC3)n2)CC1. The molecule has 0 saturated heterocycles. The molecule has 1 aromatic rings. The number of carbonyl (C=O) groups excluding carboxylic acids is 1. The van der Waals surface area contributed by atoms with Crippen LogP contribution in [0.25, 0.3) is 0 Å². The Balaban J connectivity index is 1.47. The van der Waals surface area contributed by atoms with E-state index in [0.717, 1.165) is 31.6 Å². The van der Waals surface area contributed by atoms with Crippen molar-refractivity contribution in [3.63, 3.8) is 0 Å².